The van der Waals surface area contributed by atoms with E-state index in [0.29, 0.717) is 11.8 Å². The summed E-state index contributed by atoms with van der Waals surface area (Å²) in [6.45, 7) is 11.6. The SMILES string of the molecule is COCCNCC(=CC(C)C)C(C)C. The number of rotatable bonds is 7. The number of allylic oxidation sites excluding steroid dienone is 1. The van der Waals surface area contributed by atoms with Crippen LogP contribution in [0.3, 0.4) is 0 Å². The van der Waals surface area contributed by atoms with E-state index in [0.717, 1.165) is 19.7 Å². The first-order valence-corrected chi connectivity index (χ1v) is 5.48. The standard InChI is InChI=1S/C12H25NO/c1-10(2)8-12(11(3)4)9-13-6-7-14-5/h8,10-11,13H,6-7,9H2,1-5H3. The van der Waals surface area contributed by atoms with Crippen molar-refractivity contribution in [1.29, 1.82) is 0 Å². The molecule has 2 heteroatoms. The van der Waals surface area contributed by atoms with Crippen molar-refractivity contribution in [2.45, 2.75) is 27.7 Å². The summed E-state index contributed by atoms with van der Waals surface area (Å²) in [5.41, 5.74) is 1.50. The second kappa shape index (κ2) is 8.01. The fourth-order valence-corrected chi connectivity index (χ4v) is 1.29. The van der Waals surface area contributed by atoms with Crippen LogP contribution in [-0.2, 0) is 4.74 Å². The van der Waals surface area contributed by atoms with Crippen molar-refractivity contribution < 1.29 is 4.74 Å². The lowest BCUT2D eigenvalue weighted by Crippen LogP contribution is -2.23. The molecule has 0 rings (SSSR count). The minimum Gasteiger partial charge on any atom is -0.383 e. The first kappa shape index (κ1) is 13.7. The molecular formula is C12H25NO. The summed E-state index contributed by atoms with van der Waals surface area (Å²) in [6, 6.07) is 0. The molecule has 0 radical (unpaired) electrons. The zero-order chi connectivity index (χ0) is 11.0. The fraction of sp³-hybridized carbons (Fsp3) is 0.833. The number of ether oxygens (including phenoxy) is 1. The van der Waals surface area contributed by atoms with Crippen LogP contribution in [0.15, 0.2) is 11.6 Å². The Bertz CT molecular complexity index is 162. The van der Waals surface area contributed by atoms with Gasteiger partial charge < -0.3 is 10.1 Å². The fourth-order valence-electron chi connectivity index (χ4n) is 1.29. The molecule has 0 aliphatic carbocycles. The van der Waals surface area contributed by atoms with Crippen LogP contribution in [0.1, 0.15) is 27.7 Å². The van der Waals surface area contributed by atoms with Crippen molar-refractivity contribution in [2.24, 2.45) is 11.8 Å². The molecule has 0 saturated heterocycles. The van der Waals surface area contributed by atoms with E-state index < -0.39 is 0 Å². The van der Waals surface area contributed by atoms with Gasteiger partial charge in [-0.3, -0.25) is 0 Å². The number of hydrogen-bond acceptors (Lipinski definition) is 2. The molecule has 0 bridgehead atoms. The Morgan fingerprint density at radius 3 is 2.36 bits per heavy atom. The van der Waals surface area contributed by atoms with Gasteiger partial charge in [0.2, 0.25) is 0 Å². The molecule has 0 aromatic carbocycles. The lowest BCUT2D eigenvalue weighted by atomic mass is 9.99. The Morgan fingerprint density at radius 1 is 1.29 bits per heavy atom. The molecule has 0 saturated carbocycles. The average Bonchev–Trinajstić information content (AvgIpc) is 2.09. The largest absolute Gasteiger partial charge is 0.383 e. The van der Waals surface area contributed by atoms with Crippen molar-refractivity contribution in [2.75, 3.05) is 26.8 Å². The topological polar surface area (TPSA) is 21.3 Å². The Kier molecular flexibility index (Phi) is 7.81. The van der Waals surface area contributed by atoms with Gasteiger partial charge in [0.05, 0.1) is 6.61 Å². The highest BCUT2D eigenvalue weighted by molar-refractivity contribution is 5.07. The van der Waals surface area contributed by atoms with Gasteiger partial charge in [-0.1, -0.05) is 39.3 Å². The van der Waals surface area contributed by atoms with Crippen LogP contribution in [0.25, 0.3) is 0 Å². The zero-order valence-electron chi connectivity index (χ0n) is 10.3. The molecule has 0 aromatic rings. The summed E-state index contributed by atoms with van der Waals surface area (Å²) in [5, 5.41) is 3.38. The highest BCUT2D eigenvalue weighted by Crippen LogP contribution is 2.11. The van der Waals surface area contributed by atoms with E-state index >= 15 is 0 Å². The van der Waals surface area contributed by atoms with E-state index in [9.17, 15) is 0 Å². The third-order valence-corrected chi connectivity index (χ3v) is 2.10. The predicted octanol–water partition coefficient (Wildman–Crippen LogP) is 2.46. The maximum atomic E-state index is 4.98. The third kappa shape index (κ3) is 7.10. The minimum atomic E-state index is 0.632. The zero-order valence-corrected chi connectivity index (χ0v) is 10.3. The minimum absolute atomic E-state index is 0.632. The maximum absolute atomic E-state index is 4.98. The van der Waals surface area contributed by atoms with Gasteiger partial charge >= 0.3 is 0 Å². The second-order valence-electron chi connectivity index (χ2n) is 4.31. The van der Waals surface area contributed by atoms with Crippen LogP contribution in [0.5, 0.6) is 0 Å². The van der Waals surface area contributed by atoms with E-state index in [1.165, 1.54) is 5.57 Å². The van der Waals surface area contributed by atoms with Crippen LogP contribution in [0, 0.1) is 11.8 Å². The Morgan fingerprint density at radius 2 is 1.93 bits per heavy atom. The molecule has 0 aliphatic rings. The highest BCUT2D eigenvalue weighted by atomic mass is 16.5. The van der Waals surface area contributed by atoms with Crippen LogP contribution in [0.4, 0.5) is 0 Å². The monoisotopic (exact) mass is 199 g/mol. The van der Waals surface area contributed by atoms with Gasteiger partial charge in [-0.2, -0.15) is 0 Å². The highest BCUT2D eigenvalue weighted by Gasteiger charge is 2.03. The smallest absolute Gasteiger partial charge is 0.0587 e. The number of nitrogens with one attached hydrogen (secondary N) is 1. The molecule has 0 unspecified atom stereocenters. The molecule has 0 atom stereocenters. The van der Waals surface area contributed by atoms with Gasteiger partial charge in [0.25, 0.3) is 0 Å². The van der Waals surface area contributed by atoms with Gasteiger partial charge in [-0.05, 0) is 11.8 Å². The maximum Gasteiger partial charge on any atom is 0.0587 e. The van der Waals surface area contributed by atoms with Crippen molar-refractivity contribution >= 4 is 0 Å². The van der Waals surface area contributed by atoms with Crippen molar-refractivity contribution in [3.63, 3.8) is 0 Å². The van der Waals surface area contributed by atoms with Gasteiger partial charge in [0, 0.05) is 20.2 Å². The average molecular weight is 199 g/mol. The quantitative estimate of drug-likeness (QED) is 0.502. The van der Waals surface area contributed by atoms with E-state index in [1.807, 2.05) is 0 Å². The normalized spacial score (nSPS) is 12.9. The van der Waals surface area contributed by atoms with Crippen LogP contribution in [0.2, 0.25) is 0 Å². The van der Waals surface area contributed by atoms with Gasteiger partial charge in [0.1, 0.15) is 0 Å². The number of hydrogen-bond donors (Lipinski definition) is 1. The first-order chi connectivity index (χ1) is 6.57. The lowest BCUT2D eigenvalue weighted by Gasteiger charge is -2.14. The second-order valence-corrected chi connectivity index (χ2v) is 4.31. The summed E-state index contributed by atoms with van der Waals surface area (Å²) in [6.07, 6.45) is 2.35. The molecular weight excluding hydrogens is 174 g/mol. The summed E-state index contributed by atoms with van der Waals surface area (Å²) < 4.78 is 4.98. The van der Waals surface area contributed by atoms with Crippen molar-refractivity contribution in [3.8, 4) is 0 Å². The Balaban J connectivity index is 3.86. The molecule has 0 fully saturated rings. The molecule has 1 N–H and O–H groups in total. The lowest BCUT2D eigenvalue weighted by molar-refractivity contribution is 0.200. The Labute approximate surface area is 88.7 Å². The number of methoxy groups -OCH3 is 1. The first-order valence-electron chi connectivity index (χ1n) is 5.48. The van der Waals surface area contributed by atoms with Crippen LogP contribution in [-0.4, -0.2) is 26.8 Å². The van der Waals surface area contributed by atoms with Crippen molar-refractivity contribution in [1.82, 2.24) is 5.32 Å². The van der Waals surface area contributed by atoms with Gasteiger partial charge in [0.15, 0.2) is 0 Å². The van der Waals surface area contributed by atoms with Crippen LogP contribution < -0.4 is 5.32 Å². The molecule has 0 aromatic heterocycles. The molecule has 0 aliphatic heterocycles. The molecule has 0 amide bonds. The summed E-state index contributed by atoms with van der Waals surface area (Å²) in [4.78, 5) is 0. The molecule has 84 valence electrons. The van der Waals surface area contributed by atoms with Crippen molar-refractivity contribution in [3.05, 3.63) is 11.6 Å². The predicted molar refractivity (Wildman–Crippen MR) is 62.5 cm³/mol. The molecule has 0 heterocycles. The third-order valence-electron chi connectivity index (χ3n) is 2.10. The van der Waals surface area contributed by atoms with E-state index in [2.05, 4.69) is 39.1 Å². The van der Waals surface area contributed by atoms with E-state index in [4.69, 9.17) is 4.74 Å². The summed E-state index contributed by atoms with van der Waals surface area (Å²) in [5.74, 6) is 1.27. The summed E-state index contributed by atoms with van der Waals surface area (Å²) in [7, 11) is 1.73. The van der Waals surface area contributed by atoms with Gasteiger partial charge in [-0.15, -0.1) is 0 Å². The Hall–Kier alpha value is -0.340. The molecule has 14 heavy (non-hydrogen) atoms. The molecule has 2 nitrogen and oxygen atoms in total. The van der Waals surface area contributed by atoms with Gasteiger partial charge in [-0.25, -0.2) is 0 Å². The summed E-state index contributed by atoms with van der Waals surface area (Å²) >= 11 is 0. The van der Waals surface area contributed by atoms with E-state index in [-0.39, 0.29) is 0 Å². The molecule has 0 spiro atoms. The van der Waals surface area contributed by atoms with Crippen LogP contribution >= 0.6 is 0 Å². The van der Waals surface area contributed by atoms with E-state index in [1.54, 1.807) is 7.11 Å².